The number of hydrogen-bond acceptors (Lipinski definition) is 5. The van der Waals surface area contributed by atoms with Crippen LogP contribution in [0.25, 0.3) is 0 Å². The lowest BCUT2D eigenvalue weighted by Crippen LogP contribution is -2.35. The summed E-state index contributed by atoms with van der Waals surface area (Å²) < 4.78 is 10.2. The molecule has 0 unspecified atom stereocenters. The Morgan fingerprint density at radius 3 is 2.50 bits per heavy atom. The third-order valence-electron chi connectivity index (χ3n) is 2.27. The molecular formula is C12H14ClN3O4. The number of hydrogen-bond donors (Lipinski definition) is 2. The van der Waals surface area contributed by atoms with Gasteiger partial charge in [0.25, 0.3) is 0 Å². The molecule has 1 aromatic carbocycles. The van der Waals surface area contributed by atoms with Crippen molar-refractivity contribution in [3.05, 3.63) is 22.7 Å². The molecule has 0 bridgehead atoms. The number of carbonyl (C=O) groups excluding carboxylic acids is 2. The van der Waals surface area contributed by atoms with Crippen molar-refractivity contribution in [3.8, 4) is 11.5 Å². The predicted molar refractivity (Wildman–Crippen MR) is 74.4 cm³/mol. The van der Waals surface area contributed by atoms with Crippen LogP contribution >= 0.6 is 11.6 Å². The molecule has 0 spiro atoms. The van der Waals surface area contributed by atoms with E-state index in [9.17, 15) is 9.59 Å². The largest absolute Gasteiger partial charge is 0.493 e. The van der Waals surface area contributed by atoms with Crippen LogP contribution in [0.4, 0.5) is 0 Å². The van der Waals surface area contributed by atoms with Gasteiger partial charge >= 0.3 is 11.8 Å². The van der Waals surface area contributed by atoms with E-state index in [2.05, 4.69) is 15.8 Å². The van der Waals surface area contributed by atoms with Crippen LogP contribution in [0.3, 0.4) is 0 Å². The van der Waals surface area contributed by atoms with Crippen LogP contribution in [-0.4, -0.2) is 39.3 Å². The number of carbonyl (C=O) groups is 2. The Morgan fingerprint density at radius 1 is 1.25 bits per heavy atom. The Morgan fingerprint density at radius 2 is 1.95 bits per heavy atom. The van der Waals surface area contributed by atoms with Crippen LogP contribution in [-0.2, 0) is 9.59 Å². The summed E-state index contributed by atoms with van der Waals surface area (Å²) in [5.74, 6) is -0.817. The first kappa shape index (κ1) is 15.8. The highest BCUT2D eigenvalue weighted by Crippen LogP contribution is 2.35. The van der Waals surface area contributed by atoms with E-state index in [-0.39, 0.29) is 0 Å². The zero-order valence-corrected chi connectivity index (χ0v) is 11.9. The Kier molecular flexibility index (Phi) is 5.79. The fourth-order valence-electron chi connectivity index (χ4n) is 1.34. The van der Waals surface area contributed by atoms with Gasteiger partial charge in [0.05, 0.1) is 25.5 Å². The molecule has 20 heavy (non-hydrogen) atoms. The highest BCUT2D eigenvalue weighted by Gasteiger charge is 2.11. The Hall–Kier alpha value is -2.28. The molecule has 108 valence electrons. The number of nitrogens with one attached hydrogen (secondary N) is 2. The first-order valence-corrected chi connectivity index (χ1v) is 5.88. The van der Waals surface area contributed by atoms with Gasteiger partial charge in [-0.05, 0) is 17.7 Å². The fourth-order valence-corrected chi connectivity index (χ4v) is 1.64. The third kappa shape index (κ3) is 3.86. The number of hydrazone groups is 1. The topological polar surface area (TPSA) is 89.0 Å². The first-order valence-electron chi connectivity index (χ1n) is 5.50. The molecule has 0 heterocycles. The lowest BCUT2D eigenvalue weighted by Gasteiger charge is -2.09. The van der Waals surface area contributed by atoms with Crippen molar-refractivity contribution in [3.63, 3.8) is 0 Å². The highest BCUT2D eigenvalue weighted by atomic mass is 35.5. The number of amides is 2. The summed E-state index contributed by atoms with van der Waals surface area (Å²) >= 11 is 6.01. The van der Waals surface area contributed by atoms with Gasteiger partial charge in [0.15, 0.2) is 11.5 Å². The molecule has 0 aromatic heterocycles. The Labute approximate surface area is 120 Å². The SMILES string of the molecule is CNC(=O)C(=O)N/N=C\c1cc(Cl)c(OC)c(OC)c1. The van der Waals surface area contributed by atoms with E-state index < -0.39 is 11.8 Å². The number of methoxy groups -OCH3 is 2. The monoisotopic (exact) mass is 299 g/mol. The van der Waals surface area contributed by atoms with Gasteiger partial charge in [0, 0.05) is 7.05 Å². The maximum absolute atomic E-state index is 11.1. The quantitative estimate of drug-likeness (QED) is 0.483. The van der Waals surface area contributed by atoms with Crippen molar-refractivity contribution in [1.29, 1.82) is 0 Å². The van der Waals surface area contributed by atoms with Gasteiger partial charge in [0.1, 0.15) is 0 Å². The molecule has 0 fully saturated rings. The second-order valence-electron chi connectivity index (χ2n) is 3.52. The lowest BCUT2D eigenvalue weighted by atomic mass is 10.2. The smallest absolute Gasteiger partial charge is 0.329 e. The van der Waals surface area contributed by atoms with Crippen molar-refractivity contribution >= 4 is 29.6 Å². The third-order valence-corrected chi connectivity index (χ3v) is 2.55. The molecule has 0 radical (unpaired) electrons. The number of ether oxygens (including phenoxy) is 2. The summed E-state index contributed by atoms with van der Waals surface area (Å²) in [4.78, 5) is 22.1. The Balaban J connectivity index is 2.86. The summed E-state index contributed by atoms with van der Waals surface area (Å²) in [7, 11) is 4.29. The van der Waals surface area contributed by atoms with Gasteiger partial charge in [-0.2, -0.15) is 5.10 Å². The molecule has 1 aromatic rings. The molecule has 7 nitrogen and oxygen atoms in total. The van der Waals surface area contributed by atoms with Crippen LogP contribution in [0.15, 0.2) is 17.2 Å². The average Bonchev–Trinajstić information content (AvgIpc) is 2.45. The summed E-state index contributed by atoms with van der Waals surface area (Å²) in [6.45, 7) is 0. The van der Waals surface area contributed by atoms with Crippen LogP contribution in [0.2, 0.25) is 5.02 Å². The second-order valence-corrected chi connectivity index (χ2v) is 3.92. The molecule has 1 rings (SSSR count). The standard InChI is InChI=1S/C12H14ClN3O4/c1-14-11(17)12(18)16-15-6-7-4-8(13)10(20-3)9(5-7)19-2/h4-6H,1-3H3,(H,14,17)(H,16,18)/b15-6-. The number of nitrogens with zero attached hydrogens (tertiary/aromatic N) is 1. The minimum Gasteiger partial charge on any atom is -0.493 e. The molecule has 0 saturated heterocycles. The van der Waals surface area contributed by atoms with E-state index in [0.717, 1.165) is 0 Å². The van der Waals surface area contributed by atoms with Gasteiger partial charge in [-0.15, -0.1) is 0 Å². The van der Waals surface area contributed by atoms with Gasteiger partial charge in [-0.3, -0.25) is 9.59 Å². The number of rotatable bonds is 4. The van der Waals surface area contributed by atoms with Gasteiger partial charge < -0.3 is 14.8 Å². The lowest BCUT2D eigenvalue weighted by molar-refractivity contribution is -0.138. The summed E-state index contributed by atoms with van der Waals surface area (Å²) in [5, 5.41) is 6.15. The summed E-state index contributed by atoms with van der Waals surface area (Å²) in [5.41, 5.74) is 2.64. The van der Waals surface area contributed by atoms with E-state index in [1.54, 1.807) is 12.1 Å². The maximum Gasteiger partial charge on any atom is 0.329 e. The van der Waals surface area contributed by atoms with E-state index in [1.165, 1.54) is 27.5 Å². The normalized spacial score (nSPS) is 10.2. The van der Waals surface area contributed by atoms with Crippen LogP contribution in [0, 0.1) is 0 Å². The Bertz CT molecular complexity index is 546. The number of likely N-dealkylation sites (N-methyl/N-ethyl adjacent to an activating group) is 1. The molecule has 0 aliphatic heterocycles. The first-order chi connectivity index (χ1) is 9.53. The molecule has 0 aliphatic rings. The number of benzene rings is 1. The van der Waals surface area contributed by atoms with E-state index in [4.69, 9.17) is 21.1 Å². The zero-order valence-electron chi connectivity index (χ0n) is 11.2. The van der Waals surface area contributed by atoms with E-state index in [1.807, 2.05) is 0 Å². The molecule has 0 atom stereocenters. The molecule has 8 heteroatoms. The van der Waals surface area contributed by atoms with Crippen LogP contribution in [0.1, 0.15) is 5.56 Å². The average molecular weight is 300 g/mol. The highest BCUT2D eigenvalue weighted by molar-refractivity contribution is 6.35. The second kappa shape index (κ2) is 7.34. The van der Waals surface area contributed by atoms with Crippen LogP contribution < -0.4 is 20.2 Å². The molecular weight excluding hydrogens is 286 g/mol. The fraction of sp³-hybridized carbons (Fsp3) is 0.250. The molecule has 2 amide bonds. The van der Waals surface area contributed by atoms with Crippen LogP contribution in [0.5, 0.6) is 11.5 Å². The van der Waals surface area contributed by atoms with Crippen molar-refractivity contribution < 1.29 is 19.1 Å². The zero-order chi connectivity index (χ0) is 15.1. The van der Waals surface area contributed by atoms with Crippen molar-refractivity contribution in [2.24, 2.45) is 5.10 Å². The van der Waals surface area contributed by atoms with E-state index in [0.29, 0.717) is 22.1 Å². The van der Waals surface area contributed by atoms with E-state index >= 15 is 0 Å². The summed E-state index contributed by atoms with van der Waals surface area (Å²) in [6, 6.07) is 3.21. The van der Waals surface area contributed by atoms with Crippen molar-refractivity contribution in [2.45, 2.75) is 0 Å². The summed E-state index contributed by atoms with van der Waals surface area (Å²) in [6.07, 6.45) is 1.33. The van der Waals surface area contributed by atoms with Gasteiger partial charge in [-0.1, -0.05) is 11.6 Å². The molecule has 2 N–H and O–H groups in total. The van der Waals surface area contributed by atoms with Crippen molar-refractivity contribution in [2.75, 3.05) is 21.3 Å². The molecule has 0 aliphatic carbocycles. The van der Waals surface area contributed by atoms with Gasteiger partial charge in [0.2, 0.25) is 0 Å². The minimum absolute atomic E-state index is 0.339. The van der Waals surface area contributed by atoms with Gasteiger partial charge in [-0.25, -0.2) is 5.43 Å². The predicted octanol–water partition coefficient (Wildman–Crippen LogP) is 0.553. The maximum atomic E-state index is 11.1. The molecule has 0 saturated carbocycles. The van der Waals surface area contributed by atoms with Crippen molar-refractivity contribution in [1.82, 2.24) is 10.7 Å². The number of halogens is 1. The minimum atomic E-state index is -0.865.